The molecule has 0 atom stereocenters. The highest BCUT2D eigenvalue weighted by Gasteiger charge is 2.26. The molecule has 2 amide bonds. The van der Waals surface area contributed by atoms with Crippen molar-refractivity contribution in [2.45, 2.75) is 33.3 Å². The maximum absolute atomic E-state index is 12.1. The van der Waals surface area contributed by atoms with Gasteiger partial charge >= 0.3 is 6.09 Å². The molecule has 0 unspecified atom stereocenters. The first-order chi connectivity index (χ1) is 12.6. The van der Waals surface area contributed by atoms with Crippen molar-refractivity contribution < 1.29 is 14.3 Å². The first-order valence-electron chi connectivity index (χ1n) is 8.96. The van der Waals surface area contributed by atoms with Crippen LogP contribution in [-0.4, -0.2) is 58.7 Å². The van der Waals surface area contributed by atoms with Gasteiger partial charge in [0.25, 0.3) is 0 Å². The Balaban J connectivity index is 1.79. The van der Waals surface area contributed by atoms with Crippen LogP contribution in [0.15, 0.2) is 30.3 Å². The molecule has 0 spiro atoms. The highest BCUT2D eigenvalue weighted by atomic mass is 32.1. The summed E-state index contributed by atoms with van der Waals surface area (Å²) in [5, 5.41) is 3.08. The third-order valence-electron chi connectivity index (χ3n) is 3.95. The quantitative estimate of drug-likeness (QED) is 0.622. The number of nitrogens with one attached hydrogen (secondary N) is 1. The molecule has 1 N–H and O–H groups in total. The lowest BCUT2D eigenvalue weighted by Gasteiger charge is -2.36. The number of rotatable bonds is 2. The van der Waals surface area contributed by atoms with E-state index in [2.05, 4.69) is 5.32 Å². The van der Waals surface area contributed by atoms with Crippen molar-refractivity contribution in [1.29, 1.82) is 0 Å². The molecular weight excluding hydrogens is 362 g/mol. The van der Waals surface area contributed by atoms with Gasteiger partial charge in [-0.05, 0) is 51.6 Å². The number of carbonyl (C=O) groups excluding carboxylic acids is 2. The van der Waals surface area contributed by atoms with Crippen molar-refractivity contribution >= 4 is 35.4 Å². The summed E-state index contributed by atoms with van der Waals surface area (Å²) in [6.07, 6.45) is 2.89. The van der Waals surface area contributed by atoms with Gasteiger partial charge in [-0.2, -0.15) is 0 Å². The minimum Gasteiger partial charge on any atom is -0.444 e. The molecule has 1 fully saturated rings. The number of ether oxygens (including phenoxy) is 1. The molecule has 1 aromatic rings. The highest BCUT2D eigenvalue weighted by molar-refractivity contribution is 7.80. The Morgan fingerprint density at radius 1 is 1.07 bits per heavy atom. The predicted molar refractivity (Wildman–Crippen MR) is 110 cm³/mol. The number of amides is 2. The molecule has 1 aliphatic heterocycles. The van der Waals surface area contributed by atoms with Crippen molar-refractivity contribution in [1.82, 2.24) is 15.1 Å². The van der Waals surface area contributed by atoms with Crippen LogP contribution in [0, 0.1) is 6.92 Å². The molecule has 0 aromatic heterocycles. The fourth-order valence-corrected chi connectivity index (χ4v) is 2.78. The molecule has 0 saturated carbocycles. The van der Waals surface area contributed by atoms with E-state index in [1.54, 1.807) is 11.0 Å². The van der Waals surface area contributed by atoms with Gasteiger partial charge in [0.15, 0.2) is 5.11 Å². The Bertz CT molecular complexity index is 715. The van der Waals surface area contributed by atoms with Crippen LogP contribution in [0.1, 0.15) is 31.9 Å². The average molecular weight is 390 g/mol. The predicted octanol–water partition coefficient (Wildman–Crippen LogP) is 2.96. The van der Waals surface area contributed by atoms with Gasteiger partial charge in [0.05, 0.1) is 0 Å². The van der Waals surface area contributed by atoms with E-state index in [0.717, 1.165) is 5.56 Å². The number of benzene rings is 1. The number of carbonyl (C=O) groups is 2. The smallest absolute Gasteiger partial charge is 0.410 e. The third-order valence-corrected chi connectivity index (χ3v) is 4.31. The van der Waals surface area contributed by atoms with Crippen LogP contribution >= 0.6 is 12.2 Å². The maximum Gasteiger partial charge on any atom is 0.410 e. The summed E-state index contributed by atoms with van der Waals surface area (Å²) in [5.41, 5.74) is 1.61. The second kappa shape index (κ2) is 8.99. The summed E-state index contributed by atoms with van der Waals surface area (Å²) >= 11 is 5.32. The topological polar surface area (TPSA) is 61.9 Å². The summed E-state index contributed by atoms with van der Waals surface area (Å²) in [7, 11) is 0. The van der Waals surface area contributed by atoms with Crippen LogP contribution in [0.4, 0.5) is 4.79 Å². The monoisotopic (exact) mass is 389 g/mol. The van der Waals surface area contributed by atoms with Crippen LogP contribution in [0.2, 0.25) is 0 Å². The van der Waals surface area contributed by atoms with E-state index >= 15 is 0 Å². The second-order valence-electron chi connectivity index (χ2n) is 7.49. The molecule has 6 nitrogen and oxygen atoms in total. The van der Waals surface area contributed by atoms with Gasteiger partial charge in [-0.3, -0.25) is 10.1 Å². The van der Waals surface area contributed by atoms with E-state index in [4.69, 9.17) is 17.0 Å². The zero-order valence-electron chi connectivity index (χ0n) is 16.3. The molecule has 0 aliphatic carbocycles. The highest BCUT2D eigenvalue weighted by Crippen LogP contribution is 2.12. The number of thiocarbonyl (C=S) groups is 1. The van der Waals surface area contributed by atoms with Crippen molar-refractivity contribution in [3.8, 4) is 0 Å². The molecule has 1 heterocycles. The van der Waals surface area contributed by atoms with Crippen molar-refractivity contribution in [2.24, 2.45) is 0 Å². The summed E-state index contributed by atoms with van der Waals surface area (Å²) in [6, 6.07) is 7.89. The van der Waals surface area contributed by atoms with Gasteiger partial charge < -0.3 is 14.5 Å². The lowest BCUT2D eigenvalue weighted by Crippen LogP contribution is -2.54. The average Bonchev–Trinajstić information content (AvgIpc) is 2.60. The third kappa shape index (κ3) is 7.02. The lowest BCUT2D eigenvalue weighted by molar-refractivity contribution is -0.115. The van der Waals surface area contributed by atoms with Gasteiger partial charge in [0, 0.05) is 32.3 Å². The van der Waals surface area contributed by atoms with E-state index in [1.807, 2.05) is 56.9 Å². The molecule has 146 valence electrons. The van der Waals surface area contributed by atoms with Crippen LogP contribution < -0.4 is 5.32 Å². The SMILES string of the molecule is Cc1ccc(C=CC(=O)NC(=S)N2CCN(C(=O)OC(C)(C)C)CC2)cc1. The number of hydrogen-bond acceptors (Lipinski definition) is 4. The van der Waals surface area contributed by atoms with E-state index in [0.29, 0.717) is 31.3 Å². The molecule has 2 rings (SSSR count). The number of piperazine rings is 1. The van der Waals surface area contributed by atoms with E-state index in [-0.39, 0.29) is 12.0 Å². The Morgan fingerprint density at radius 2 is 1.63 bits per heavy atom. The molecular formula is C20H27N3O3S. The summed E-state index contributed by atoms with van der Waals surface area (Å²) in [5.74, 6) is -0.268. The number of nitrogens with zero attached hydrogens (tertiary/aromatic N) is 2. The van der Waals surface area contributed by atoms with E-state index in [9.17, 15) is 9.59 Å². The van der Waals surface area contributed by atoms with E-state index < -0.39 is 5.60 Å². The van der Waals surface area contributed by atoms with Crippen molar-refractivity contribution in [3.05, 3.63) is 41.5 Å². The summed E-state index contributed by atoms with van der Waals surface area (Å²) < 4.78 is 5.38. The van der Waals surface area contributed by atoms with Gasteiger partial charge in [0.1, 0.15) is 5.60 Å². The molecule has 27 heavy (non-hydrogen) atoms. The van der Waals surface area contributed by atoms with Gasteiger partial charge in [0.2, 0.25) is 5.91 Å². The van der Waals surface area contributed by atoms with Gasteiger partial charge in [-0.25, -0.2) is 4.79 Å². The molecule has 1 aromatic carbocycles. The zero-order chi connectivity index (χ0) is 20.0. The zero-order valence-corrected chi connectivity index (χ0v) is 17.1. The Kier molecular flexibility index (Phi) is 6.96. The molecule has 7 heteroatoms. The first-order valence-corrected chi connectivity index (χ1v) is 9.37. The molecule has 0 radical (unpaired) electrons. The van der Waals surface area contributed by atoms with Crippen LogP contribution in [-0.2, 0) is 9.53 Å². The Hall–Kier alpha value is -2.41. The fraction of sp³-hybridized carbons (Fsp3) is 0.450. The lowest BCUT2D eigenvalue weighted by atomic mass is 10.1. The molecule has 0 bridgehead atoms. The van der Waals surface area contributed by atoms with Crippen LogP contribution in [0.25, 0.3) is 6.08 Å². The molecule has 1 aliphatic rings. The molecule has 1 saturated heterocycles. The van der Waals surface area contributed by atoms with Crippen molar-refractivity contribution in [3.63, 3.8) is 0 Å². The number of aryl methyl sites for hydroxylation is 1. The summed E-state index contributed by atoms with van der Waals surface area (Å²) in [6.45, 7) is 9.66. The second-order valence-corrected chi connectivity index (χ2v) is 7.88. The normalized spacial score (nSPS) is 15.0. The Morgan fingerprint density at radius 3 is 2.19 bits per heavy atom. The van der Waals surface area contributed by atoms with Crippen molar-refractivity contribution in [2.75, 3.05) is 26.2 Å². The Labute approximate surface area is 166 Å². The summed E-state index contributed by atoms with van der Waals surface area (Å²) in [4.78, 5) is 27.7. The maximum atomic E-state index is 12.1. The van der Waals surface area contributed by atoms with Gasteiger partial charge in [-0.1, -0.05) is 29.8 Å². The van der Waals surface area contributed by atoms with Crippen LogP contribution in [0.3, 0.4) is 0 Å². The fourth-order valence-electron chi connectivity index (χ4n) is 2.49. The number of hydrogen-bond donors (Lipinski definition) is 1. The standard InChI is InChI=1S/C20H27N3O3S/c1-15-5-7-16(8-6-15)9-10-17(24)21-18(27)22-11-13-23(14-12-22)19(25)26-20(2,3)4/h5-10H,11-14H2,1-4H3,(H,21,24,27). The van der Waals surface area contributed by atoms with E-state index in [1.165, 1.54) is 11.6 Å². The van der Waals surface area contributed by atoms with Crippen LogP contribution in [0.5, 0.6) is 0 Å². The minimum atomic E-state index is -0.513. The minimum absolute atomic E-state index is 0.268. The largest absolute Gasteiger partial charge is 0.444 e. The first kappa shape index (κ1) is 20.9. The van der Waals surface area contributed by atoms with Gasteiger partial charge in [-0.15, -0.1) is 0 Å².